The SMILES string of the molecule is CN(Cc1ccccc1N)Cc1ccc(Cl)cc1F. The standard InChI is InChI=1S/C15H16ClFN2/c1-19(10-12-4-2-3-5-15(12)18)9-11-6-7-13(16)8-14(11)17/h2-8H,9-10,18H2,1H3. The summed E-state index contributed by atoms with van der Waals surface area (Å²) in [5, 5.41) is 0.413. The van der Waals surface area contributed by atoms with Crippen molar-refractivity contribution < 1.29 is 4.39 Å². The molecule has 0 heterocycles. The average Bonchev–Trinajstić information content (AvgIpc) is 2.36. The van der Waals surface area contributed by atoms with Crippen LogP contribution in [0.25, 0.3) is 0 Å². The first-order valence-corrected chi connectivity index (χ1v) is 6.40. The largest absolute Gasteiger partial charge is 0.398 e. The van der Waals surface area contributed by atoms with Crippen molar-refractivity contribution in [2.24, 2.45) is 0 Å². The van der Waals surface area contributed by atoms with Gasteiger partial charge in [0.2, 0.25) is 0 Å². The van der Waals surface area contributed by atoms with Crippen LogP contribution in [0.4, 0.5) is 10.1 Å². The summed E-state index contributed by atoms with van der Waals surface area (Å²) in [5.74, 6) is -0.277. The van der Waals surface area contributed by atoms with Gasteiger partial charge in [-0.1, -0.05) is 35.9 Å². The molecular formula is C15H16ClFN2. The third-order valence-electron chi connectivity index (χ3n) is 2.95. The predicted molar refractivity (Wildman–Crippen MR) is 77.4 cm³/mol. The van der Waals surface area contributed by atoms with E-state index >= 15 is 0 Å². The Labute approximate surface area is 117 Å². The number of rotatable bonds is 4. The van der Waals surface area contributed by atoms with Crippen LogP contribution in [-0.2, 0) is 13.1 Å². The molecule has 2 rings (SSSR count). The average molecular weight is 279 g/mol. The van der Waals surface area contributed by atoms with Crippen molar-refractivity contribution in [1.82, 2.24) is 4.90 Å². The van der Waals surface area contributed by atoms with Crippen LogP contribution in [0.2, 0.25) is 5.02 Å². The first-order chi connectivity index (χ1) is 9.06. The Morgan fingerprint density at radius 3 is 2.47 bits per heavy atom. The molecule has 100 valence electrons. The first-order valence-electron chi connectivity index (χ1n) is 6.02. The molecule has 2 nitrogen and oxygen atoms in total. The van der Waals surface area contributed by atoms with Crippen LogP contribution in [0.5, 0.6) is 0 Å². The second kappa shape index (κ2) is 6.04. The number of nitrogens with two attached hydrogens (primary N) is 1. The molecule has 0 saturated carbocycles. The van der Waals surface area contributed by atoms with Crippen molar-refractivity contribution in [3.63, 3.8) is 0 Å². The van der Waals surface area contributed by atoms with Gasteiger partial charge in [0.05, 0.1) is 0 Å². The lowest BCUT2D eigenvalue weighted by Gasteiger charge is -2.18. The number of anilines is 1. The second-order valence-electron chi connectivity index (χ2n) is 4.61. The van der Waals surface area contributed by atoms with Crippen LogP contribution in [0, 0.1) is 5.82 Å². The number of nitrogens with zero attached hydrogens (tertiary/aromatic N) is 1. The lowest BCUT2D eigenvalue weighted by atomic mass is 10.1. The van der Waals surface area contributed by atoms with Crippen LogP contribution < -0.4 is 5.73 Å². The number of para-hydroxylation sites is 1. The van der Waals surface area contributed by atoms with Crippen LogP contribution in [-0.4, -0.2) is 11.9 Å². The molecule has 0 saturated heterocycles. The highest BCUT2D eigenvalue weighted by atomic mass is 35.5. The van der Waals surface area contributed by atoms with E-state index in [1.807, 2.05) is 36.2 Å². The molecule has 0 atom stereocenters. The number of nitrogen functional groups attached to an aromatic ring is 1. The fourth-order valence-corrected chi connectivity index (χ4v) is 2.12. The number of hydrogen-bond donors (Lipinski definition) is 1. The van der Waals surface area contributed by atoms with Gasteiger partial charge in [0.15, 0.2) is 0 Å². The van der Waals surface area contributed by atoms with Crippen molar-refractivity contribution in [1.29, 1.82) is 0 Å². The highest BCUT2D eigenvalue weighted by molar-refractivity contribution is 6.30. The Balaban J connectivity index is 2.05. The Kier molecular flexibility index (Phi) is 4.40. The summed E-state index contributed by atoms with van der Waals surface area (Å²) < 4.78 is 13.7. The Hall–Kier alpha value is -1.58. The zero-order valence-electron chi connectivity index (χ0n) is 10.7. The zero-order valence-corrected chi connectivity index (χ0v) is 11.5. The molecule has 2 N–H and O–H groups in total. The maximum absolute atomic E-state index is 13.7. The topological polar surface area (TPSA) is 29.3 Å². The van der Waals surface area contributed by atoms with Gasteiger partial charge in [0, 0.05) is 29.4 Å². The molecular weight excluding hydrogens is 263 g/mol. The molecule has 0 fully saturated rings. The van der Waals surface area contributed by atoms with Crippen molar-refractivity contribution in [2.75, 3.05) is 12.8 Å². The Bertz CT molecular complexity index is 572. The molecule has 0 aliphatic rings. The molecule has 2 aromatic carbocycles. The van der Waals surface area contributed by atoms with E-state index in [1.165, 1.54) is 6.07 Å². The van der Waals surface area contributed by atoms with Crippen molar-refractivity contribution in [3.05, 3.63) is 64.4 Å². The van der Waals surface area contributed by atoms with Gasteiger partial charge in [-0.15, -0.1) is 0 Å². The van der Waals surface area contributed by atoms with Gasteiger partial charge in [-0.25, -0.2) is 4.39 Å². The minimum Gasteiger partial charge on any atom is -0.398 e. The number of halogens is 2. The highest BCUT2D eigenvalue weighted by Gasteiger charge is 2.08. The summed E-state index contributed by atoms with van der Waals surface area (Å²) >= 11 is 5.73. The van der Waals surface area contributed by atoms with Gasteiger partial charge in [0.25, 0.3) is 0 Å². The third kappa shape index (κ3) is 3.69. The first kappa shape index (κ1) is 13.8. The van der Waals surface area contributed by atoms with E-state index in [4.69, 9.17) is 17.3 Å². The van der Waals surface area contributed by atoms with Gasteiger partial charge >= 0.3 is 0 Å². The zero-order chi connectivity index (χ0) is 13.8. The van der Waals surface area contributed by atoms with Gasteiger partial charge < -0.3 is 5.73 Å². The molecule has 0 unspecified atom stereocenters. The summed E-state index contributed by atoms with van der Waals surface area (Å²) in [7, 11) is 1.93. The summed E-state index contributed by atoms with van der Waals surface area (Å²) in [6, 6.07) is 12.4. The van der Waals surface area contributed by atoms with Gasteiger partial charge in [-0.05, 0) is 30.8 Å². The van der Waals surface area contributed by atoms with Crippen molar-refractivity contribution in [2.45, 2.75) is 13.1 Å². The van der Waals surface area contributed by atoms with E-state index in [0.29, 0.717) is 23.7 Å². The van der Waals surface area contributed by atoms with E-state index in [1.54, 1.807) is 12.1 Å². The molecule has 0 aromatic heterocycles. The van der Waals surface area contributed by atoms with E-state index in [0.717, 1.165) is 11.3 Å². The fraction of sp³-hybridized carbons (Fsp3) is 0.200. The number of hydrogen-bond acceptors (Lipinski definition) is 2. The minimum absolute atomic E-state index is 0.277. The van der Waals surface area contributed by atoms with Gasteiger partial charge in [-0.3, -0.25) is 4.90 Å². The van der Waals surface area contributed by atoms with E-state index < -0.39 is 0 Å². The molecule has 0 radical (unpaired) electrons. The van der Waals surface area contributed by atoms with Crippen LogP contribution in [0.1, 0.15) is 11.1 Å². The molecule has 0 aliphatic carbocycles. The predicted octanol–water partition coefficient (Wildman–Crippen LogP) is 3.69. The smallest absolute Gasteiger partial charge is 0.129 e. The summed E-state index contributed by atoms with van der Waals surface area (Å²) in [6.07, 6.45) is 0. The second-order valence-corrected chi connectivity index (χ2v) is 5.04. The van der Waals surface area contributed by atoms with Gasteiger partial charge in [-0.2, -0.15) is 0 Å². The van der Waals surface area contributed by atoms with E-state index in [9.17, 15) is 4.39 Å². The summed E-state index contributed by atoms with van der Waals surface area (Å²) in [5.41, 5.74) is 8.32. The lowest BCUT2D eigenvalue weighted by Crippen LogP contribution is -2.18. The molecule has 0 bridgehead atoms. The monoisotopic (exact) mass is 278 g/mol. The van der Waals surface area contributed by atoms with E-state index in [2.05, 4.69) is 0 Å². The third-order valence-corrected chi connectivity index (χ3v) is 3.19. The molecule has 4 heteroatoms. The molecule has 2 aromatic rings. The normalized spacial score (nSPS) is 10.9. The number of benzene rings is 2. The van der Waals surface area contributed by atoms with Crippen molar-refractivity contribution >= 4 is 17.3 Å². The molecule has 19 heavy (non-hydrogen) atoms. The molecule has 0 spiro atoms. The molecule has 0 amide bonds. The highest BCUT2D eigenvalue weighted by Crippen LogP contribution is 2.18. The van der Waals surface area contributed by atoms with Crippen molar-refractivity contribution in [3.8, 4) is 0 Å². The lowest BCUT2D eigenvalue weighted by molar-refractivity contribution is 0.314. The van der Waals surface area contributed by atoms with Crippen LogP contribution in [0.15, 0.2) is 42.5 Å². The Morgan fingerprint density at radius 1 is 1.11 bits per heavy atom. The summed E-state index contributed by atoms with van der Waals surface area (Å²) in [6.45, 7) is 1.19. The van der Waals surface area contributed by atoms with Crippen LogP contribution in [0.3, 0.4) is 0 Å². The fourth-order valence-electron chi connectivity index (χ4n) is 1.97. The Morgan fingerprint density at radius 2 is 1.79 bits per heavy atom. The maximum Gasteiger partial charge on any atom is 0.129 e. The summed E-state index contributed by atoms with van der Waals surface area (Å²) in [4.78, 5) is 2.01. The van der Waals surface area contributed by atoms with Gasteiger partial charge in [0.1, 0.15) is 5.82 Å². The molecule has 0 aliphatic heterocycles. The van der Waals surface area contributed by atoms with Crippen LogP contribution >= 0.6 is 11.6 Å². The quantitative estimate of drug-likeness (QED) is 0.864. The maximum atomic E-state index is 13.7. The van der Waals surface area contributed by atoms with E-state index in [-0.39, 0.29) is 5.82 Å². The minimum atomic E-state index is -0.277.